The van der Waals surface area contributed by atoms with Crippen molar-refractivity contribution in [1.29, 1.82) is 0 Å². The summed E-state index contributed by atoms with van der Waals surface area (Å²) >= 11 is 0. The van der Waals surface area contributed by atoms with E-state index in [1.165, 1.54) is 4.90 Å². The highest BCUT2D eigenvalue weighted by Crippen LogP contribution is 2.12. The monoisotopic (exact) mass is 250 g/mol. The predicted molar refractivity (Wildman–Crippen MR) is 73.6 cm³/mol. The average molecular weight is 250 g/mol. The van der Waals surface area contributed by atoms with E-state index in [0.29, 0.717) is 12.2 Å². The van der Waals surface area contributed by atoms with Crippen molar-refractivity contribution >= 4 is 11.6 Å². The minimum Gasteiger partial charge on any atom is -0.381 e. The van der Waals surface area contributed by atoms with Crippen LogP contribution in [0.3, 0.4) is 0 Å². The van der Waals surface area contributed by atoms with E-state index in [2.05, 4.69) is 17.2 Å². The Kier molecular flexibility index (Phi) is 5.58. The summed E-state index contributed by atoms with van der Waals surface area (Å²) < 4.78 is 0. The second-order valence-electron chi connectivity index (χ2n) is 4.49. The van der Waals surface area contributed by atoms with Crippen LogP contribution in [0.15, 0.2) is 18.3 Å². The van der Waals surface area contributed by atoms with Crippen LogP contribution >= 0.6 is 0 Å². The van der Waals surface area contributed by atoms with E-state index in [9.17, 15) is 4.79 Å². The molecule has 5 heteroatoms. The van der Waals surface area contributed by atoms with Gasteiger partial charge in [-0.05, 0) is 18.6 Å². The number of nitrogens with two attached hydrogens (primary N) is 1. The maximum atomic E-state index is 11.8. The average Bonchev–Trinajstić information content (AvgIpc) is 2.37. The Morgan fingerprint density at radius 2 is 2.28 bits per heavy atom. The molecule has 5 nitrogen and oxygen atoms in total. The topological polar surface area (TPSA) is 71.2 Å². The Balaban J connectivity index is 2.78. The first kappa shape index (κ1) is 14.4. The smallest absolute Gasteiger partial charge is 0.272 e. The standard InChI is InChI=1S/C13H22N4O/c1-4-5-11(9-14)16-10-6-7-15-12(8-10)13(18)17(2)3/h6-8,11H,4-5,9,14H2,1-3H3,(H,15,16). The molecule has 1 heterocycles. The molecular formula is C13H22N4O. The zero-order valence-corrected chi connectivity index (χ0v) is 11.3. The van der Waals surface area contributed by atoms with Crippen molar-refractivity contribution in [2.45, 2.75) is 25.8 Å². The second-order valence-corrected chi connectivity index (χ2v) is 4.49. The molecule has 3 N–H and O–H groups in total. The molecule has 0 fully saturated rings. The van der Waals surface area contributed by atoms with E-state index in [4.69, 9.17) is 5.73 Å². The lowest BCUT2D eigenvalue weighted by Gasteiger charge is -2.18. The van der Waals surface area contributed by atoms with Crippen LogP contribution in [0.1, 0.15) is 30.3 Å². The number of anilines is 1. The SMILES string of the molecule is CCCC(CN)Nc1ccnc(C(=O)N(C)C)c1. The third-order valence-electron chi connectivity index (χ3n) is 2.68. The summed E-state index contributed by atoms with van der Waals surface area (Å²) in [6.45, 7) is 2.70. The summed E-state index contributed by atoms with van der Waals surface area (Å²) in [5.74, 6) is -0.0987. The molecule has 0 spiro atoms. The van der Waals surface area contributed by atoms with Gasteiger partial charge in [-0.25, -0.2) is 0 Å². The number of aromatic nitrogens is 1. The normalized spacial score (nSPS) is 12.0. The van der Waals surface area contributed by atoms with Gasteiger partial charge in [0.05, 0.1) is 0 Å². The van der Waals surface area contributed by atoms with Gasteiger partial charge in [0.2, 0.25) is 0 Å². The van der Waals surface area contributed by atoms with Gasteiger partial charge in [-0.15, -0.1) is 0 Å². The Hall–Kier alpha value is -1.62. The van der Waals surface area contributed by atoms with Gasteiger partial charge < -0.3 is 16.0 Å². The highest BCUT2D eigenvalue weighted by Gasteiger charge is 2.11. The fraction of sp³-hybridized carbons (Fsp3) is 0.538. The van der Waals surface area contributed by atoms with Gasteiger partial charge in [-0.2, -0.15) is 0 Å². The van der Waals surface area contributed by atoms with Crippen molar-refractivity contribution in [3.05, 3.63) is 24.0 Å². The van der Waals surface area contributed by atoms with Crippen molar-refractivity contribution in [3.8, 4) is 0 Å². The number of hydrogen-bond donors (Lipinski definition) is 2. The Bertz CT molecular complexity index is 392. The number of carbonyl (C=O) groups excluding carboxylic acids is 1. The number of pyridine rings is 1. The third-order valence-corrected chi connectivity index (χ3v) is 2.68. The zero-order chi connectivity index (χ0) is 13.5. The molecule has 1 atom stereocenters. The summed E-state index contributed by atoms with van der Waals surface area (Å²) in [5.41, 5.74) is 7.03. The molecule has 1 aromatic rings. The fourth-order valence-electron chi connectivity index (χ4n) is 1.70. The maximum absolute atomic E-state index is 11.8. The molecule has 1 rings (SSSR count). The van der Waals surface area contributed by atoms with Crippen molar-refractivity contribution in [2.24, 2.45) is 5.73 Å². The summed E-state index contributed by atoms with van der Waals surface area (Å²) in [6, 6.07) is 3.85. The van der Waals surface area contributed by atoms with E-state index in [1.807, 2.05) is 6.07 Å². The lowest BCUT2D eigenvalue weighted by atomic mass is 10.1. The first-order chi connectivity index (χ1) is 8.58. The maximum Gasteiger partial charge on any atom is 0.272 e. The van der Waals surface area contributed by atoms with E-state index in [1.54, 1.807) is 26.4 Å². The van der Waals surface area contributed by atoms with Crippen LogP contribution in [-0.2, 0) is 0 Å². The first-order valence-corrected chi connectivity index (χ1v) is 6.22. The minimum absolute atomic E-state index is 0.0987. The number of nitrogens with one attached hydrogen (secondary N) is 1. The van der Waals surface area contributed by atoms with Crippen LogP contribution in [0, 0.1) is 0 Å². The molecule has 0 aliphatic heterocycles. The number of amides is 1. The molecule has 0 aliphatic rings. The van der Waals surface area contributed by atoms with Crippen molar-refractivity contribution < 1.29 is 4.79 Å². The van der Waals surface area contributed by atoms with E-state index in [-0.39, 0.29) is 11.9 Å². The zero-order valence-electron chi connectivity index (χ0n) is 11.3. The van der Waals surface area contributed by atoms with E-state index >= 15 is 0 Å². The van der Waals surface area contributed by atoms with Crippen LogP contribution < -0.4 is 11.1 Å². The van der Waals surface area contributed by atoms with Gasteiger partial charge in [0.1, 0.15) is 5.69 Å². The highest BCUT2D eigenvalue weighted by atomic mass is 16.2. The molecule has 1 amide bonds. The molecular weight excluding hydrogens is 228 g/mol. The second kappa shape index (κ2) is 6.96. The molecule has 0 saturated heterocycles. The highest BCUT2D eigenvalue weighted by molar-refractivity contribution is 5.92. The molecule has 1 unspecified atom stereocenters. The van der Waals surface area contributed by atoms with Gasteiger partial charge >= 0.3 is 0 Å². The Morgan fingerprint density at radius 1 is 1.56 bits per heavy atom. The van der Waals surface area contributed by atoms with Crippen LogP contribution in [-0.4, -0.2) is 42.5 Å². The molecule has 0 radical (unpaired) electrons. The third kappa shape index (κ3) is 4.00. The molecule has 0 aromatic carbocycles. The van der Waals surface area contributed by atoms with Gasteiger partial charge in [-0.1, -0.05) is 13.3 Å². The van der Waals surface area contributed by atoms with E-state index < -0.39 is 0 Å². The Morgan fingerprint density at radius 3 is 2.83 bits per heavy atom. The van der Waals surface area contributed by atoms with Gasteiger partial charge in [-0.3, -0.25) is 9.78 Å². The minimum atomic E-state index is -0.0987. The lowest BCUT2D eigenvalue weighted by Crippen LogP contribution is -2.29. The first-order valence-electron chi connectivity index (χ1n) is 6.22. The number of carbonyl (C=O) groups is 1. The van der Waals surface area contributed by atoms with Crippen LogP contribution in [0.5, 0.6) is 0 Å². The Labute approximate surface area is 108 Å². The van der Waals surface area contributed by atoms with Gasteiger partial charge in [0, 0.05) is 38.6 Å². The molecule has 0 saturated carbocycles. The fourth-order valence-corrected chi connectivity index (χ4v) is 1.70. The molecule has 1 aromatic heterocycles. The summed E-state index contributed by atoms with van der Waals surface area (Å²) in [6.07, 6.45) is 3.72. The van der Waals surface area contributed by atoms with Crippen molar-refractivity contribution in [1.82, 2.24) is 9.88 Å². The predicted octanol–water partition coefficient (Wildman–Crippen LogP) is 1.32. The molecule has 0 aliphatic carbocycles. The van der Waals surface area contributed by atoms with Crippen molar-refractivity contribution in [2.75, 3.05) is 26.0 Å². The number of rotatable bonds is 6. The summed E-state index contributed by atoms with van der Waals surface area (Å²) in [7, 11) is 3.42. The molecule has 18 heavy (non-hydrogen) atoms. The number of nitrogens with zero attached hydrogens (tertiary/aromatic N) is 2. The van der Waals surface area contributed by atoms with Gasteiger partial charge in [0.25, 0.3) is 5.91 Å². The van der Waals surface area contributed by atoms with Crippen LogP contribution in [0.2, 0.25) is 0 Å². The summed E-state index contributed by atoms with van der Waals surface area (Å²) in [5, 5.41) is 3.33. The molecule has 100 valence electrons. The van der Waals surface area contributed by atoms with Crippen LogP contribution in [0.25, 0.3) is 0 Å². The van der Waals surface area contributed by atoms with Crippen LogP contribution in [0.4, 0.5) is 5.69 Å². The quantitative estimate of drug-likeness (QED) is 0.799. The van der Waals surface area contributed by atoms with E-state index in [0.717, 1.165) is 18.5 Å². The largest absolute Gasteiger partial charge is 0.381 e. The summed E-state index contributed by atoms with van der Waals surface area (Å²) in [4.78, 5) is 17.4. The van der Waals surface area contributed by atoms with Crippen molar-refractivity contribution in [3.63, 3.8) is 0 Å². The number of hydrogen-bond acceptors (Lipinski definition) is 4. The molecule has 0 bridgehead atoms. The lowest BCUT2D eigenvalue weighted by molar-refractivity contribution is 0.0822. The van der Waals surface area contributed by atoms with Gasteiger partial charge in [0.15, 0.2) is 0 Å².